The van der Waals surface area contributed by atoms with Gasteiger partial charge in [-0.2, -0.15) is 0 Å². The Morgan fingerprint density at radius 1 is 0.968 bits per heavy atom. The highest BCUT2D eigenvalue weighted by Gasteiger charge is 2.19. The highest BCUT2D eigenvalue weighted by molar-refractivity contribution is 7.94. The molecule has 3 rings (SSSR count). The molecule has 0 aliphatic heterocycles. The molecule has 0 radical (unpaired) electrons. The minimum absolute atomic E-state index is 0.0416. The van der Waals surface area contributed by atoms with Crippen molar-refractivity contribution in [3.8, 4) is 0 Å². The Morgan fingerprint density at radius 2 is 1.71 bits per heavy atom. The second kappa shape index (κ2) is 10.4. The first kappa shape index (κ1) is 22.8. The monoisotopic (exact) mass is 479 g/mol. The molecule has 3 aromatic rings. The summed E-state index contributed by atoms with van der Waals surface area (Å²) < 4.78 is 32.7. The van der Waals surface area contributed by atoms with E-state index >= 15 is 0 Å². The van der Waals surface area contributed by atoms with Crippen LogP contribution in [0.15, 0.2) is 70.3 Å². The largest absolute Gasteiger partial charge is 0.367 e. The van der Waals surface area contributed by atoms with Crippen molar-refractivity contribution in [1.29, 1.82) is 0 Å². The molecule has 0 atom stereocenters. The van der Waals surface area contributed by atoms with Crippen molar-refractivity contribution in [3.05, 3.63) is 82.2 Å². The number of halogens is 1. The Kier molecular flexibility index (Phi) is 7.64. The van der Waals surface area contributed by atoms with Crippen LogP contribution in [0.1, 0.15) is 15.9 Å². The molecule has 0 spiro atoms. The van der Waals surface area contributed by atoms with E-state index in [2.05, 4.69) is 15.6 Å². The van der Waals surface area contributed by atoms with E-state index < -0.39 is 21.8 Å². The number of carbonyl (C=O) groups is 2. The van der Waals surface area contributed by atoms with Crippen LogP contribution in [0.25, 0.3) is 0 Å². The number of amides is 2. The van der Waals surface area contributed by atoms with Gasteiger partial charge in [0.2, 0.25) is 0 Å². The molecule has 0 aliphatic rings. The first-order valence-electron chi connectivity index (χ1n) is 8.92. The fourth-order valence-electron chi connectivity index (χ4n) is 2.48. The van der Waals surface area contributed by atoms with Gasteiger partial charge in [0.25, 0.3) is 21.8 Å². The van der Waals surface area contributed by atoms with Crippen LogP contribution in [-0.2, 0) is 26.2 Å². The van der Waals surface area contributed by atoms with Gasteiger partial charge >= 0.3 is 0 Å². The zero-order valence-electron chi connectivity index (χ0n) is 16.0. The normalized spacial score (nSPS) is 11.0. The summed E-state index contributed by atoms with van der Waals surface area (Å²) in [5.74, 6) is -1.28. The second-order valence-electron chi connectivity index (χ2n) is 6.17. The maximum absolute atomic E-state index is 12.5. The number of sulfonamides is 1. The molecule has 1 aromatic heterocycles. The SMILES string of the molecule is O=C(COCc1ccccc1Cl)NNC(=O)c1ccccc1NS(=O)(=O)c1cccs1. The highest BCUT2D eigenvalue weighted by atomic mass is 35.5. The van der Waals surface area contributed by atoms with E-state index in [4.69, 9.17) is 16.3 Å². The van der Waals surface area contributed by atoms with Crippen LogP contribution in [0, 0.1) is 0 Å². The number of anilines is 1. The fraction of sp³-hybridized carbons (Fsp3) is 0.100. The molecule has 1 heterocycles. The van der Waals surface area contributed by atoms with Crippen molar-refractivity contribution >= 4 is 50.5 Å². The fourth-order valence-corrected chi connectivity index (χ4v) is 4.74. The van der Waals surface area contributed by atoms with E-state index in [0.717, 1.165) is 16.9 Å². The Hall–Kier alpha value is -2.92. The van der Waals surface area contributed by atoms with Gasteiger partial charge in [0, 0.05) is 5.02 Å². The number of thiophene rings is 1. The lowest BCUT2D eigenvalue weighted by molar-refractivity contribution is -0.126. The number of benzene rings is 2. The molecule has 0 bridgehead atoms. The van der Waals surface area contributed by atoms with Crippen molar-refractivity contribution < 1.29 is 22.7 Å². The molecule has 0 fully saturated rings. The molecule has 0 unspecified atom stereocenters. The van der Waals surface area contributed by atoms with Crippen LogP contribution in [0.2, 0.25) is 5.02 Å². The van der Waals surface area contributed by atoms with Gasteiger partial charge in [0.05, 0.1) is 17.9 Å². The van der Waals surface area contributed by atoms with E-state index in [1.807, 2.05) is 0 Å². The van der Waals surface area contributed by atoms with Gasteiger partial charge in [-0.05, 0) is 35.2 Å². The summed E-state index contributed by atoms with van der Waals surface area (Å²) >= 11 is 7.07. The van der Waals surface area contributed by atoms with Gasteiger partial charge in [0.1, 0.15) is 10.8 Å². The predicted octanol–water partition coefficient (Wildman–Crippen LogP) is 3.18. The van der Waals surface area contributed by atoms with Crippen molar-refractivity contribution in [2.24, 2.45) is 0 Å². The molecular formula is C20H18ClN3O5S2. The number of hydrogen-bond donors (Lipinski definition) is 3. The minimum Gasteiger partial charge on any atom is -0.367 e. The lowest BCUT2D eigenvalue weighted by Gasteiger charge is -2.13. The van der Waals surface area contributed by atoms with Crippen LogP contribution in [0.5, 0.6) is 0 Å². The van der Waals surface area contributed by atoms with Crippen LogP contribution in [-0.4, -0.2) is 26.8 Å². The quantitative estimate of drug-likeness (QED) is 0.429. The third kappa shape index (κ3) is 6.28. The van der Waals surface area contributed by atoms with Crippen LogP contribution in [0.3, 0.4) is 0 Å². The molecule has 8 nitrogen and oxygen atoms in total. The van der Waals surface area contributed by atoms with Crippen molar-refractivity contribution in [2.75, 3.05) is 11.3 Å². The maximum Gasteiger partial charge on any atom is 0.271 e. The molecule has 0 saturated carbocycles. The zero-order valence-corrected chi connectivity index (χ0v) is 18.4. The van der Waals surface area contributed by atoms with E-state index in [1.54, 1.807) is 47.8 Å². The minimum atomic E-state index is -3.83. The third-order valence-electron chi connectivity index (χ3n) is 3.94. The number of hydrogen-bond acceptors (Lipinski definition) is 6. The van der Waals surface area contributed by atoms with E-state index in [-0.39, 0.29) is 28.7 Å². The standard InChI is InChI=1S/C20H18ClN3O5S2/c21-16-8-3-1-6-14(16)12-29-13-18(25)22-23-20(26)15-7-2-4-9-17(15)24-31(27,28)19-10-5-11-30-19/h1-11,24H,12-13H2,(H,22,25)(H,23,26). The Bertz CT molecular complexity index is 1170. The molecule has 2 aromatic carbocycles. The molecule has 0 aliphatic carbocycles. The number of carbonyl (C=O) groups excluding carboxylic acids is 2. The highest BCUT2D eigenvalue weighted by Crippen LogP contribution is 2.22. The average molecular weight is 480 g/mol. The third-order valence-corrected chi connectivity index (χ3v) is 7.07. The summed E-state index contributed by atoms with van der Waals surface area (Å²) in [4.78, 5) is 24.4. The topological polar surface area (TPSA) is 114 Å². The molecule has 162 valence electrons. The Morgan fingerprint density at radius 3 is 2.45 bits per heavy atom. The number of nitrogens with one attached hydrogen (secondary N) is 3. The first-order chi connectivity index (χ1) is 14.9. The smallest absolute Gasteiger partial charge is 0.271 e. The number of para-hydroxylation sites is 1. The van der Waals surface area contributed by atoms with E-state index in [1.165, 1.54) is 18.2 Å². The lowest BCUT2D eigenvalue weighted by Crippen LogP contribution is -2.43. The number of ether oxygens (including phenoxy) is 1. The molecule has 11 heteroatoms. The Labute approximate surface area is 188 Å². The van der Waals surface area contributed by atoms with E-state index in [9.17, 15) is 18.0 Å². The summed E-state index contributed by atoms with van der Waals surface area (Å²) in [6.07, 6.45) is 0. The van der Waals surface area contributed by atoms with Gasteiger partial charge in [-0.3, -0.25) is 25.2 Å². The zero-order chi connectivity index (χ0) is 22.3. The number of hydrazine groups is 1. The summed E-state index contributed by atoms with van der Waals surface area (Å²) in [6.45, 7) is -0.174. The Balaban J connectivity index is 1.55. The number of rotatable bonds is 8. The lowest BCUT2D eigenvalue weighted by atomic mass is 10.2. The average Bonchev–Trinajstić information content (AvgIpc) is 3.30. The molecule has 2 amide bonds. The van der Waals surface area contributed by atoms with Crippen molar-refractivity contribution in [3.63, 3.8) is 0 Å². The predicted molar refractivity (Wildman–Crippen MR) is 118 cm³/mol. The maximum atomic E-state index is 12.5. The van der Waals surface area contributed by atoms with Gasteiger partial charge in [0.15, 0.2) is 0 Å². The van der Waals surface area contributed by atoms with Crippen LogP contribution < -0.4 is 15.6 Å². The molecule has 0 saturated heterocycles. The van der Waals surface area contributed by atoms with Gasteiger partial charge in [-0.1, -0.05) is 48.0 Å². The summed E-state index contributed by atoms with van der Waals surface area (Å²) in [7, 11) is -3.83. The molecular weight excluding hydrogens is 462 g/mol. The first-order valence-corrected chi connectivity index (χ1v) is 11.7. The van der Waals surface area contributed by atoms with Crippen molar-refractivity contribution in [2.45, 2.75) is 10.8 Å². The van der Waals surface area contributed by atoms with Gasteiger partial charge in [-0.15, -0.1) is 11.3 Å². The van der Waals surface area contributed by atoms with Crippen LogP contribution >= 0.6 is 22.9 Å². The molecule has 3 N–H and O–H groups in total. The van der Waals surface area contributed by atoms with Crippen molar-refractivity contribution in [1.82, 2.24) is 10.9 Å². The summed E-state index contributed by atoms with van der Waals surface area (Å²) in [5.41, 5.74) is 5.32. The van der Waals surface area contributed by atoms with E-state index in [0.29, 0.717) is 5.02 Å². The summed E-state index contributed by atoms with van der Waals surface area (Å²) in [6, 6.07) is 16.2. The summed E-state index contributed by atoms with van der Waals surface area (Å²) in [5, 5.41) is 2.16. The molecule has 31 heavy (non-hydrogen) atoms. The van der Waals surface area contributed by atoms with Crippen LogP contribution in [0.4, 0.5) is 5.69 Å². The van der Waals surface area contributed by atoms with Gasteiger partial charge in [-0.25, -0.2) is 8.42 Å². The second-order valence-corrected chi connectivity index (χ2v) is 9.43. The van der Waals surface area contributed by atoms with Gasteiger partial charge < -0.3 is 4.74 Å².